The Morgan fingerprint density at radius 2 is 1.96 bits per heavy atom. The van der Waals surface area contributed by atoms with Gasteiger partial charge in [-0.1, -0.05) is 18.2 Å². The molecule has 26 heavy (non-hydrogen) atoms. The van der Waals surface area contributed by atoms with Crippen LogP contribution in [0.15, 0.2) is 48.0 Å². The number of amides is 1. The second-order valence-corrected chi connectivity index (χ2v) is 7.26. The lowest BCUT2D eigenvalue weighted by molar-refractivity contribution is 0.102. The molecule has 3 heterocycles. The van der Waals surface area contributed by atoms with Gasteiger partial charge in [-0.3, -0.25) is 4.79 Å². The number of carbonyl (C=O) groups excluding carboxylic acids is 1. The number of carbonyl (C=O) groups is 1. The Kier molecular flexibility index (Phi) is 4.67. The van der Waals surface area contributed by atoms with Crippen molar-refractivity contribution in [1.82, 2.24) is 9.97 Å². The van der Waals surface area contributed by atoms with Gasteiger partial charge in [-0.15, -0.1) is 11.3 Å². The van der Waals surface area contributed by atoms with Gasteiger partial charge in [-0.2, -0.15) is 0 Å². The van der Waals surface area contributed by atoms with Crippen molar-refractivity contribution in [2.75, 3.05) is 23.3 Å². The minimum atomic E-state index is -0.191. The van der Waals surface area contributed by atoms with E-state index in [2.05, 4.69) is 20.2 Å². The monoisotopic (exact) mass is 364 g/mol. The van der Waals surface area contributed by atoms with Gasteiger partial charge < -0.3 is 10.2 Å². The van der Waals surface area contributed by atoms with Crippen LogP contribution >= 0.6 is 11.3 Å². The Balaban J connectivity index is 1.48. The number of hydrogen-bond donors (Lipinski definition) is 1. The van der Waals surface area contributed by atoms with Gasteiger partial charge >= 0.3 is 0 Å². The van der Waals surface area contributed by atoms with Crippen LogP contribution in [0.25, 0.3) is 10.6 Å². The number of rotatable bonds is 4. The van der Waals surface area contributed by atoms with Crippen molar-refractivity contribution < 1.29 is 4.79 Å². The van der Waals surface area contributed by atoms with Gasteiger partial charge in [-0.05, 0) is 43.5 Å². The zero-order valence-electron chi connectivity index (χ0n) is 14.6. The van der Waals surface area contributed by atoms with E-state index in [1.807, 2.05) is 49.5 Å². The molecule has 0 aliphatic carbocycles. The van der Waals surface area contributed by atoms with Crippen LogP contribution in [-0.2, 0) is 0 Å². The maximum absolute atomic E-state index is 12.4. The summed E-state index contributed by atoms with van der Waals surface area (Å²) in [6.45, 7) is 4.12. The lowest BCUT2D eigenvalue weighted by atomic mass is 10.2. The van der Waals surface area contributed by atoms with Crippen molar-refractivity contribution in [1.29, 1.82) is 0 Å². The van der Waals surface area contributed by atoms with Crippen molar-refractivity contribution in [3.8, 4) is 10.6 Å². The molecular formula is C20H20N4OS. The fourth-order valence-corrected chi connectivity index (χ4v) is 3.85. The summed E-state index contributed by atoms with van der Waals surface area (Å²) in [6, 6.07) is 11.8. The van der Waals surface area contributed by atoms with Gasteiger partial charge in [0.1, 0.15) is 16.5 Å². The number of pyridine rings is 1. The summed E-state index contributed by atoms with van der Waals surface area (Å²) in [6.07, 6.45) is 4.31. The first-order chi connectivity index (χ1) is 12.7. The number of aromatic nitrogens is 2. The lowest BCUT2D eigenvalue weighted by Crippen LogP contribution is -2.18. The SMILES string of the molecule is Cc1ccccc1NC(=O)c1csc(-c2ccc(N3CCCC3)nc2)n1. The molecule has 0 atom stereocenters. The molecule has 5 nitrogen and oxygen atoms in total. The summed E-state index contributed by atoms with van der Waals surface area (Å²) in [5, 5.41) is 5.52. The highest BCUT2D eigenvalue weighted by molar-refractivity contribution is 7.13. The molecule has 0 bridgehead atoms. The maximum Gasteiger partial charge on any atom is 0.275 e. The molecule has 2 aromatic heterocycles. The zero-order chi connectivity index (χ0) is 17.9. The Hall–Kier alpha value is -2.73. The summed E-state index contributed by atoms with van der Waals surface area (Å²) in [4.78, 5) is 23.8. The molecule has 6 heteroatoms. The summed E-state index contributed by atoms with van der Waals surface area (Å²) < 4.78 is 0. The highest BCUT2D eigenvalue weighted by Gasteiger charge is 2.15. The molecule has 0 spiro atoms. The van der Waals surface area contributed by atoms with Crippen molar-refractivity contribution in [2.24, 2.45) is 0 Å². The van der Waals surface area contributed by atoms with Crippen LogP contribution in [0.4, 0.5) is 11.5 Å². The molecule has 1 aliphatic heterocycles. The van der Waals surface area contributed by atoms with E-state index < -0.39 is 0 Å². The number of nitrogens with one attached hydrogen (secondary N) is 1. The third kappa shape index (κ3) is 3.46. The number of para-hydroxylation sites is 1. The number of benzene rings is 1. The quantitative estimate of drug-likeness (QED) is 0.747. The van der Waals surface area contributed by atoms with Gasteiger partial charge in [0.15, 0.2) is 0 Å². The van der Waals surface area contributed by atoms with Crippen LogP contribution in [0.5, 0.6) is 0 Å². The Labute approximate surface area is 156 Å². The number of nitrogens with zero attached hydrogens (tertiary/aromatic N) is 3. The summed E-state index contributed by atoms with van der Waals surface area (Å²) >= 11 is 1.46. The number of anilines is 2. The predicted octanol–water partition coefficient (Wildman–Crippen LogP) is 4.37. The maximum atomic E-state index is 12.4. The number of hydrogen-bond acceptors (Lipinski definition) is 5. The fraction of sp³-hybridized carbons (Fsp3) is 0.250. The van der Waals surface area contributed by atoms with Crippen molar-refractivity contribution in [3.63, 3.8) is 0 Å². The largest absolute Gasteiger partial charge is 0.357 e. The molecule has 1 fully saturated rings. The van der Waals surface area contributed by atoms with Gasteiger partial charge in [0.25, 0.3) is 5.91 Å². The normalized spacial score (nSPS) is 13.8. The van der Waals surface area contributed by atoms with E-state index in [-0.39, 0.29) is 5.91 Å². The molecule has 1 N–H and O–H groups in total. The first-order valence-electron chi connectivity index (χ1n) is 8.74. The molecule has 3 aromatic rings. The van der Waals surface area contributed by atoms with Crippen molar-refractivity contribution >= 4 is 28.7 Å². The van der Waals surface area contributed by atoms with Crippen molar-refractivity contribution in [3.05, 3.63) is 59.2 Å². The lowest BCUT2D eigenvalue weighted by Gasteiger charge is -2.15. The Bertz CT molecular complexity index is 914. The first kappa shape index (κ1) is 16.7. The molecule has 0 unspecified atom stereocenters. The van der Waals surface area contributed by atoms with Crippen LogP contribution in [0, 0.1) is 6.92 Å². The van der Waals surface area contributed by atoms with E-state index >= 15 is 0 Å². The predicted molar refractivity (Wildman–Crippen MR) is 106 cm³/mol. The molecule has 0 radical (unpaired) electrons. The molecule has 1 aromatic carbocycles. The molecule has 1 amide bonds. The van der Waals surface area contributed by atoms with Crippen molar-refractivity contribution in [2.45, 2.75) is 19.8 Å². The zero-order valence-corrected chi connectivity index (χ0v) is 15.4. The smallest absolute Gasteiger partial charge is 0.275 e. The summed E-state index contributed by atoms with van der Waals surface area (Å²) in [5.41, 5.74) is 3.20. The van der Waals surface area contributed by atoms with Gasteiger partial charge in [0, 0.05) is 35.9 Å². The Morgan fingerprint density at radius 1 is 1.15 bits per heavy atom. The third-order valence-corrected chi connectivity index (χ3v) is 5.45. The van der Waals surface area contributed by atoms with E-state index in [4.69, 9.17) is 0 Å². The molecule has 4 rings (SSSR count). The average Bonchev–Trinajstić information content (AvgIpc) is 3.36. The minimum Gasteiger partial charge on any atom is -0.357 e. The second-order valence-electron chi connectivity index (χ2n) is 6.41. The van der Waals surface area contributed by atoms with E-state index in [9.17, 15) is 4.79 Å². The average molecular weight is 364 g/mol. The fourth-order valence-electron chi connectivity index (χ4n) is 3.06. The van der Waals surface area contributed by atoms with E-state index in [0.29, 0.717) is 5.69 Å². The summed E-state index contributed by atoms with van der Waals surface area (Å²) in [5.74, 6) is 0.823. The minimum absolute atomic E-state index is 0.191. The van der Waals surface area contributed by atoms with Crippen LogP contribution in [0.2, 0.25) is 0 Å². The molecule has 0 saturated carbocycles. The van der Waals surface area contributed by atoms with E-state index in [0.717, 1.165) is 40.7 Å². The Morgan fingerprint density at radius 3 is 2.69 bits per heavy atom. The first-order valence-corrected chi connectivity index (χ1v) is 9.62. The highest BCUT2D eigenvalue weighted by Crippen LogP contribution is 2.26. The van der Waals surface area contributed by atoms with Crippen LogP contribution in [0.3, 0.4) is 0 Å². The molecular weight excluding hydrogens is 344 g/mol. The third-order valence-electron chi connectivity index (χ3n) is 4.55. The van der Waals surface area contributed by atoms with Crippen LogP contribution < -0.4 is 10.2 Å². The molecule has 132 valence electrons. The second kappa shape index (κ2) is 7.25. The number of thiazole rings is 1. The summed E-state index contributed by atoms with van der Waals surface area (Å²) in [7, 11) is 0. The van der Waals surface area contributed by atoms with Crippen LogP contribution in [0.1, 0.15) is 28.9 Å². The standard InChI is InChI=1S/C20H20N4OS/c1-14-6-2-3-7-16(14)22-19(25)17-13-26-20(23-17)15-8-9-18(21-12-15)24-10-4-5-11-24/h2-3,6-9,12-13H,4-5,10-11H2,1H3,(H,22,25). The van der Waals surface area contributed by atoms with Gasteiger partial charge in [-0.25, -0.2) is 9.97 Å². The molecule has 1 saturated heterocycles. The highest BCUT2D eigenvalue weighted by atomic mass is 32.1. The van der Waals surface area contributed by atoms with Crippen LogP contribution in [-0.4, -0.2) is 29.0 Å². The van der Waals surface area contributed by atoms with E-state index in [1.165, 1.54) is 24.2 Å². The van der Waals surface area contributed by atoms with E-state index in [1.54, 1.807) is 5.38 Å². The molecule has 1 aliphatic rings. The number of aryl methyl sites for hydroxylation is 1. The van der Waals surface area contributed by atoms with Gasteiger partial charge in [0.05, 0.1) is 0 Å². The van der Waals surface area contributed by atoms with Gasteiger partial charge in [0.2, 0.25) is 0 Å². The topological polar surface area (TPSA) is 58.1 Å².